The molecule has 0 saturated carbocycles. The Labute approximate surface area is 155 Å². The van der Waals surface area contributed by atoms with Crippen molar-refractivity contribution in [3.8, 4) is 0 Å². The first-order valence-corrected chi connectivity index (χ1v) is 10.2. The maximum Gasteiger partial charge on any atom is 0.230 e. The summed E-state index contributed by atoms with van der Waals surface area (Å²) in [5, 5.41) is 3.28. The number of hydrogen-bond donors (Lipinski definition) is 1. The highest BCUT2D eigenvalue weighted by molar-refractivity contribution is 7.99. The van der Waals surface area contributed by atoms with Crippen molar-refractivity contribution >= 4 is 41.0 Å². The van der Waals surface area contributed by atoms with Gasteiger partial charge in [-0.15, -0.1) is 11.8 Å². The van der Waals surface area contributed by atoms with E-state index in [1.807, 2.05) is 18.2 Å². The van der Waals surface area contributed by atoms with E-state index in [9.17, 15) is 9.18 Å². The van der Waals surface area contributed by atoms with Crippen molar-refractivity contribution in [1.29, 1.82) is 0 Å². The number of thioether (sulfide) groups is 2. The summed E-state index contributed by atoms with van der Waals surface area (Å²) in [6, 6.07) is 14.8. The lowest BCUT2D eigenvalue weighted by molar-refractivity contribution is -0.118. The Morgan fingerprint density at radius 2 is 1.83 bits per heavy atom. The molecule has 0 aliphatic heterocycles. The molecule has 0 aliphatic carbocycles. The van der Waals surface area contributed by atoms with Crippen LogP contribution in [0.2, 0.25) is 5.02 Å². The van der Waals surface area contributed by atoms with Gasteiger partial charge in [0.05, 0.1) is 5.75 Å². The molecule has 0 fully saturated rings. The fourth-order valence-corrected chi connectivity index (χ4v) is 4.01. The van der Waals surface area contributed by atoms with Crippen LogP contribution < -0.4 is 5.32 Å². The topological polar surface area (TPSA) is 29.1 Å². The second-order valence-electron chi connectivity index (χ2n) is 5.08. The number of hydrogen-bond acceptors (Lipinski definition) is 3. The monoisotopic (exact) mass is 383 g/mol. The van der Waals surface area contributed by atoms with Crippen LogP contribution in [0.5, 0.6) is 0 Å². The smallest absolute Gasteiger partial charge is 0.230 e. The van der Waals surface area contributed by atoms with Crippen molar-refractivity contribution < 1.29 is 9.18 Å². The summed E-state index contributed by atoms with van der Waals surface area (Å²) in [7, 11) is 0. The minimum atomic E-state index is -0.326. The van der Waals surface area contributed by atoms with Crippen molar-refractivity contribution in [1.82, 2.24) is 5.32 Å². The first-order valence-electron chi connectivity index (χ1n) is 7.56. The van der Waals surface area contributed by atoms with E-state index in [0.29, 0.717) is 28.6 Å². The maximum absolute atomic E-state index is 13.6. The molecule has 0 spiro atoms. The van der Waals surface area contributed by atoms with Gasteiger partial charge >= 0.3 is 0 Å². The van der Waals surface area contributed by atoms with Crippen molar-refractivity contribution in [2.24, 2.45) is 0 Å². The predicted octanol–water partition coefficient (Wildman–Crippen LogP) is 4.76. The normalized spacial score (nSPS) is 10.6. The van der Waals surface area contributed by atoms with Gasteiger partial charge < -0.3 is 5.32 Å². The fourth-order valence-electron chi connectivity index (χ4n) is 1.99. The van der Waals surface area contributed by atoms with E-state index in [0.717, 1.165) is 11.5 Å². The number of halogens is 2. The molecule has 2 rings (SSSR count). The molecule has 24 heavy (non-hydrogen) atoms. The molecule has 2 aromatic carbocycles. The summed E-state index contributed by atoms with van der Waals surface area (Å²) in [6.45, 7) is 0.636. The van der Waals surface area contributed by atoms with Crippen LogP contribution in [-0.2, 0) is 16.3 Å². The Balaban J connectivity index is 1.57. The number of benzene rings is 2. The molecular formula is C18H19ClFNOS2. The van der Waals surface area contributed by atoms with Gasteiger partial charge in [-0.2, -0.15) is 11.8 Å². The molecule has 1 amide bonds. The largest absolute Gasteiger partial charge is 0.355 e. The molecule has 1 N–H and O–H groups in total. The third-order valence-corrected chi connectivity index (χ3v) is 5.56. The summed E-state index contributed by atoms with van der Waals surface area (Å²) in [5.74, 6) is 2.14. The van der Waals surface area contributed by atoms with E-state index in [1.54, 1.807) is 23.9 Å². The van der Waals surface area contributed by atoms with E-state index in [2.05, 4.69) is 17.4 Å². The van der Waals surface area contributed by atoms with Gasteiger partial charge in [-0.1, -0.05) is 48.0 Å². The molecule has 0 aliphatic rings. The lowest BCUT2D eigenvalue weighted by Gasteiger charge is -2.07. The van der Waals surface area contributed by atoms with E-state index in [1.165, 1.54) is 23.4 Å². The molecule has 0 saturated heterocycles. The highest BCUT2D eigenvalue weighted by atomic mass is 35.5. The van der Waals surface area contributed by atoms with Gasteiger partial charge in [0.15, 0.2) is 0 Å². The summed E-state index contributed by atoms with van der Waals surface area (Å²) in [4.78, 5) is 11.8. The predicted molar refractivity (Wildman–Crippen MR) is 103 cm³/mol. The van der Waals surface area contributed by atoms with Crippen LogP contribution in [0.4, 0.5) is 4.39 Å². The third kappa shape index (κ3) is 6.75. The number of amides is 1. The fraction of sp³-hybridized carbons (Fsp3) is 0.278. The average molecular weight is 384 g/mol. The first kappa shape index (κ1) is 19.2. The van der Waals surface area contributed by atoms with E-state index < -0.39 is 0 Å². The van der Waals surface area contributed by atoms with Crippen LogP contribution >= 0.6 is 35.1 Å². The molecule has 0 atom stereocenters. The van der Waals surface area contributed by atoms with Crippen molar-refractivity contribution in [3.05, 3.63) is 70.5 Å². The highest BCUT2D eigenvalue weighted by Crippen LogP contribution is 2.23. The lowest BCUT2D eigenvalue weighted by Crippen LogP contribution is -2.27. The van der Waals surface area contributed by atoms with E-state index in [-0.39, 0.29) is 11.7 Å². The van der Waals surface area contributed by atoms with Crippen LogP contribution in [0.3, 0.4) is 0 Å². The van der Waals surface area contributed by atoms with Gasteiger partial charge in [-0.25, -0.2) is 4.39 Å². The standard InChI is InChI=1S/C18H19ClFNOS2/c19-16-7-4-8-17(20)15(16)12-24-13-18(22)21-9-10-23-11-14-5-2-1-3-6-14/h1-8H,9-13H2,(H,21,22). The SMILES string of the molecule is O=C(CSCc1c(F)cccc1Cl)NCCSCc1ccccc1. The number of carbonyl (C=O) groups is 1. The zero-order valence-electron chi connectivity index (χ0n) is 13.1. The van der Waals surface area contributed by atoms with Gasteiger partial charge in [0, 0.05) is 34.4 Å². The molecule has 6 heteroatoms. The molecule has 0 heterocycles. The second kappa shape index (κ2) is 10.6. The summed E-state index contributed by atoms with van der Waals surface area (Å²) < 4.78 is 13.6. The van der Waals surface area contributed by atoms with Gasteiger partial charge in [-0.3, -0.25) is 4.79 Å². The number of nitrogens with one attached hydrogen (secondary N) is 1. The number of carbonyl (C=O) groups excluding carboxylic acids is 1. The molecule has 2 nitrogen and oxygen atoms in total. The molecule has 0 unspecified atom stereocenters. The molecule has 0 radical (unpaired) electrons. The Bertz CT molecular complexity index is 634. The summed E-state index contributed by atoms with van der Waals surface area (Å²) in [6.07, 6.45) is 0. The van der Waals surface area contributed by atoms with Crippen LogP contribution in [0.1, 0.15) is 11.1 Å². The molecule has 0 aromatic heterocycles. The summed E-state index contributed by atoms with van der Waals surface area (Å²) in [5.41, 5.74) is 1.74. The first-order chi connectivity index (χ1) is 11.7. The van der Waals surface area contributed by atoms with Crippen molar-refractivity contribution in [2.45, 2.75) is 11.5 Å². The van der Waals surface area contributed by atoms with Gasteiger partial charge in [0.2, 0.25) is 5.91 Å². The van der Waals surface area contributed by atoms with Crippen LogP contribution in [0.15, 0.2) is 48.5 Å². The van der Waals surface area contributed by atoms with Crippen LogP contribution in [0, 0.1) is 5.82 Å². The van der Waals surface area contributed by atoms with Gasteiger partial charge in [-0.05, 0) is 17.7 Å². The second-order valence-corrected chi connectivity index (χ2v) is 7.58. The molecule has 2 aromatic rings. The third-order valence-electron chi connectivity index (χ3n) is 3.22. The van der Waals surface area contributed by atoms with E-state index in [4.69, 9.17) is 11.6 Å². The summed E-state index contributed by atoms with van der Waals surface area (Å²) >= 11 is 9.10. The quantitative estimate of drug-likeness (QED) is 0.633. The van der Waals surface area contributed by atoms with Crippen molar-refractivity contribution in [3.63, 3.8) is 0 Å². The Morgan fingerprint density at radius 3 is 2.58 bits per heavy atom. The Hall–Kier alpha value is -1.17. The van der Waals surface area contributed by atoms with Crippen LogP contribution in [-0.4, -0.2) is 24.0 Å². The minimum absolute atomic E-state index is 0.0345. The van der Waals surface area contributed by atoms with Gasteiger partial charge in [0.1, 0.15) is 5.82 Å². The average Bonchev–Trinajstić information content (AvgIpc) is 2.58. The highest BCUT2D eigenvalue weighted by Gasteiger charge is 2.08. The van der Waals surface area contributed by atoms with Crippen LogP contribution in [0.25, 0.3) is 0 Å². The zero-order chi connectivity index (χ0) is 17.2. The molecular weight excluding hydrogens is 365 g/mol. The molecule has 0 bridgehead atoms. The number of rotatable bonds is 9. The maximum atomic E-state index is 13.6. The van der Waals surface area contributed by atoms with Gasteiger partial charge in [0.25, 0.3) is 0 Å². The Morgan fingerprint density at radius 1 is 1.04 bits per heavy atom. The minimum Gasteiger partial charge on any atom is -0.355 e. The molecule has 128 valence electrons. The van der Waals surface area contributed by atoms with E-state index >= 15 is 0 Å². The van der Waals surface area contributed by atoms with Crippen molar-refractivity contribution in [2.75, 3.05) is 18.1 Å². The Kier molecular flexibility index (Phi) is 8.50. The zero-order valence-corrected chi connectivity index (χ0v) is 15.5. The lowest BCUT2D eigenvalue weighted by atomic mass is 10.2.